The molecule has 3 amide bonds. The molecular weight excluding hydrogens is 418 g/mol. The first-order valence-corrected chi connectivity index (χ1v) is 11.6. The van der Waals surface area contributed by atoms with Crippen molar-refractivity contribution in [2.45, 2.75) is 38.6 Å². The average Bonchev–Trinajstić information content (AvgIpc) is 2.87. The number of piperidine rings is 1. The quantitative estimate of drug-likeness (QED) is 0.564. The first-order valence-electron chi connectivity index (χ1n) is 11.6. The van der Waals surface area contributed by atoms with Crippen molar-refractivity contribution < 1.29 is 19.1 Å². The molecule has 1 fully saturated rings. The van der Waals surface area contributed by atoms with Gasteiger partial charge in [-0.1, -0.05) is 49.7 Å². The number of carbonyl (C=O) groups is 2. The van der Waals surface area contributed by atoms with Gasteiger partial charge in [0.15, 0.2) is 11.5 Å². The third kappa shape index (κ3) is 6.63. The zero-order valence-corrected chi connectivity index (χ0v) is 19.8. The van der Waals surface area contributed by atoms with Crippen LogP contribution in [0.15, 0.2) is 48.5 Å². The first-order chi connectivity index (χ1) is 16.0. The molecule has 2 N–H and O–H groups in total. The van der Waals surface area contributed by atoms with E-state index in [2.05, 4.69) is 17.6 Å². The van der Waals surface area contributed by atoms with E-state index in [1.807, 2.05) is 48.5 Å². The van der Waals surface area contributed by atoms with E-state index >= 15 is 0 Å². The minimum absolute atomic E-state index is 0.0166. The molecule has 0 radical (unpaired) electrons. The van der Waals surface area contributed by atoms with Crippen LogP contribution in [0.4, 0.5) is 4.79 Å². The van der Waals surface area contributed by atoms with Gasteiger partial charge in [-0.3, -0.25) is 4.79 Å². The van der Waals surface area contributed by atoms with Crippen molar-refractivity contribution in [1.29, 1.82) is 0 Å². The highest BCUT2D eigenvalue weighted by Gasteiger charge is 2.34. The molecule has 1 aliphatic heterocycles. The van der Waals surface area contributed by atoms with E-state index in [1.165, 1.54) is 0 Å². The van der Waals surface area contributed by atoms with Crippen LogP contribution >= 0.6 is 0 Å². The first kappa shape index (κ1) is 24.4. The Labute approximate surface area is 196 Å². The van der Waals surface area contributed by atoms with Crippen molar-refractivity contribution in [2.24, 2.45) is 5.92 Å². The van der Waals surface area contributed by atoms with E-state index in [0.717, 1.165) is 24.0 Å². The maximum absolute atomic E-state index is 13.1. The Morgan fingerprint density at radius 2 is 1.76 bits per heavy atom. The van der Waals surface area contributed by atoms with Crippen molar-refractivity contribution in [3.8, 4) is 11.5 Å². The summed E-state index contributed by atoms with van der Waals surface area (Å²) in [5.41, 5.74) is 2.08. The van der Waals surface area contributed by atoms with Crippen LogP contribution < -0.4 is 20.1 Å². The summed E-state index contributed by atoms with van der Waals surface area (Å²) < 4.78 is 10.8. The summed E-state index contributed by atoms with van der Waals surface area (Å²) in [6.45, 7) is 4.16. The normalized spacial score (nSPS) is 17.8. The van der Waals surface area contributed by atoms with Gasteiger partial charge in [-0.25, -0.2) is 4.79 Å². The summed E-state index contributed by atoms with van der Waals surface area (Å²) >= 11 is 0. The number of urea groups is 1. The number of amides is 3. The number of methoxy groups -OCH3 is 2. The highest BCUT2D eigenvalue weighted by Crippen LogP contribution is 2.35. The Balaban J connectivity index is 1.76. The monoisotopic (exact) mass is 453 g/mol. The predicted molar refractivity (Wildman–Crippen MR) is 129 cm³/mol. The van der Waals surface area contributed by atoms with Gasteiger partial charge < -0.3 is 25.0 Å². The lowest BCUT2D eigenvalue weighted by molar-refractivity contribution is -0.126. The van der Waals surface area contributed by atoms with Crippen LogP contribution in [0.25, 0.3) is 0 Å². The van der Waals surface area contributed by atoms with Crippen molar-refractivity contribution in [2.75, 3.05) is 33.9 Å². The van der Waals surface area contributed by atoms with Crippen LogP contribution in [-0.2, 0) is 11.3 Å². The molecule has 0 bridgehead atoms. The molecule has 0 aromatic heterocycles. The SMILES string of the molecule is CCCCNC(=O)N1C[C@H](C(=O)NCc2ccccc2)C[C@@H](c2ccc(OC)c(OC)c2)C1. The second-order valence-electron chi connectivity index (χ2n) is 8.44. The van der Waals surface area contributed by atoms with Gasteiger partial charge >= 0.3 is 6.03 Å². The number of ether oxygens (including phenoxy) is 2. The average molecular weight is 454 g/mol. The van der Waals surface area contributed by atoms with Gasteiger partial charge in [0.1, 0.15) is 0 Å². The number of rotatable bonds is 9. The van der Waals surface area contributed by atoms with Gasteiger partial charge in [0.25, 0.3) is 0 Å². The zero-order valence-electron chi connectivity index (χ0n) is 19.8. The smallest absolute Gasteiger partial charge is 0.317 e. The number of nitrogens with one attached hydrogen (secondary N) is 2. The minimum Gasteiger partial charge on any atom is -0.493 e. The third-order valence-corrected chi connectivity index (χ3v) is 6.10. The summed E-state index contributed by atoms with van der Waals surface area (Å²) in [6, 6.07) is 15.5. The van der Waals surface area contributed by atoms with E-state index < -0.39 is 0 Å². The van der Waals surface area contributed by atoms with E-state index in [1.54, 1.807) is 19.1 Å². The van der Waals surface area contributed by atoms with Crippen molar-refractivity contribution in [1.82, 2.24) is 15.5 Å². The topological polar surface area (TPSA) is 79.9 Å². The minimum atomic E-state index is -0.294. The van der Waals surface area contributed by atoms with Gasteiger partial charge in [0.05, 0.1) is 20.1 Å². The predicted octanol–water partition coefficient (Wildman–Crippen LogP) is 3.94. The molecule has 3 rings (SSSR count). The Bertz CT molecular complexity index is 919. The van der Waals surface area contributed by atoms with Crippen LogP contribution in [-0.4, -0.2) is 50.7 Å². The molecule has 2 aromatic carbocycles. The lowest BCUT2D eigenvalue weighted by Crippen LogP contribution is -2.51. The van der Waals surface area contributed by atoms with E-state index in [4.69, 9.17) is 9.47 Å². The second-order valence-corrected chi connectivity index (χ2v) is 8.44. The molecule has 1 heterocycles. The number of benzene rings is 2. The van der Waals surface area contributed by atoms with Crippen molar-refractivity contribution >= 4 is 11.9 Å². The molecule has 0 spiro atoms. The van der Waals surface area contributed by atoms with Crippen molar-refractivity contribution in [3.05, 3.63) is 59.7 Å². The molecule has 33 heavy (non-hydrogen) atoms. The fraction of sp³-hybridized carbons (Fsp3) is 0.462. The molecule has 178 valence electrons. The maximum Gasteiger partial charge on any atom is 0.317 e. The van der Waals surface area contributed by atoms with Crippen LogP contribution in [0.2, 0.25) is 0 Å². The van der Waals surface area contributed by atoms with E-state index in [9.17, 15) is 9.59 Å². The fourth-order valence-corrected chi connectivity index (χ4v) is 4.22. The number of carbonyl (C=O) groups excluding carboxylic acids is 2. The third-order valence-electron chi connectivity index (χ3n) is 6.10. The lowest BCUT2D eigenvalue weighted by Gasteiger charge is -2.37. The Morgan fingerprint density at radius 3 is 2.45 bits per heavy atom. The van der Waals surface area contributed by atoms with Gasteiger partial charge in [-0.15, -0.1) is 0 Å². The largest absolute Gasteiger partial charge is 0.493 e. The number of likely N-dealkylation sites (tertiary alicyclic amines) is 1. The van der Waals surface area contributed by atoms with Gasteiger partial charge in [0.2, 0.25) is 5.91 Å². The lowest BCUT2D eigenvalue weighted by atomic mass is 9.84. The molecular formula is C26H35N3O4. The highest BCUT2D eigenvalue weighted by atomic mass is 16.5. The molecule has 2 atom stereocenters. The summed E-state index contributed by atoms with van der Waals surface area (Å²) in [5.74, 6) is 0.990. The Morgan fingerprint density at radius 1 is 1.00 bits per heavy atom. The number of hydrogen-bond donors (Lipinski definition) is 2. The fourth-order valence-electron chi connectivity index (χ4n) is 4.22. The van der Waals surface area contributed by atoms with E-state index in [0.29, 0.717) is 44.1 Å². The summed E-state index contributed by atoms with van der Waals surface area (Å²) in [4.78, 5) is 27.7. The standard InChI is InChI=1S/C26H35N3O4/c1-4-5-13-27-26(31)29-17-21(20-11-12-23(32-2)24(15-20)33-3)14-22(18-29)25(30)28-16-19-9-7-6-8-10-19/h6-12,15,21-22H,4-5,13-14,16-18H2,1-3H3,(H,27,31)(H,28,30)/t21-,22-/m1/s1. The van der Waals surface area contributed by atoms with Crippen LogP contribution in [0.5, 0.6) is 11.5 Å². The summed E-state index contributed by atoms with van der Waals surface area (Å²) in [7, 11) is 3.21. The molecule has 7 nitrogen and oxygen atoms in total. The van der Waals surface area contributed by atoms with Crippen LogP contribution in [0.3, 0.4) is 0 Å². The molecule has 1 saturated heterocycles. The molecule has 7 heteroatoms. The molecule has 0 aliphatic carbocycles. The zero-order chi connectivity index (χ0) is 23.6. The Kier molecular flexibility index (Phi) is 8.98. The maximum atomic E-state index is 13.1. The van der Waals surface area contributed by atoms with Crippen molar-refractivity contribution in [3.63, 3.8) is 0 Å². The summed E-state index contributed by atoms with van der Waals surface area (Å²) in [6.07, 6.45) is 2.60. The molecule has 0 saturated carbocycles. The Hall–Kier alpha value is -3.22. The van der Waals surface area contributed by atoms with Gasteiger partial charge in [-0.05, 0) is 36.1 Å². The number of nitrogens with zero attached hydrogens (tertiary/aromatic N) is 1. The molecule has 1 aliphatic rings. The molecule has 0 unspecified atom stereocenters. The second kappa shape index (κ2) is 12.1. The molecule has 2 aromatic rings. The summed E-state index contributed by atoms with van der Waals surface area (Å²) in [5, 5.41) is 6.05. The number of unbranched alkanes of at least 4 members (excludes halogenated alkanes) is 1. The van der Waals surface area contributed by atoms with E-state index in [-0.39, 0.29) is 23.8 Å². The van der Waals surface area contributed by atoms with Gasteiger partial charge in [0, 0.05) is 32.1 Å². The number of hydrogen-bond acceptors (Lipinski definition) is 4. The van der Waals surface area contributed by atoms with Crippen LogP contribution in [0.1, 0.15) is 43.2 Å². The highest BCUT2D eigenvalue weighted by molar-refractivity contribution is 5.81. The van der Waals surface area contributed by atoms with Crippen LogP contribution in [0, 0.1) is 5.92 Å². The van der Waals surface area contributed by atoms with Gasteiger partial charge in [-0.2, -0.15) is 0 Å².